The van der Waals surface area contributed by atoms with Crippen molar-refractivity contribution in [1.29, 1.82) is 0 Å². The third-order valence-corrected chi connectivity index (χ3v) is 2.47. The van der Waals surface area contributed by atoms with Gasteiger partial charge in [0, 0.05) is 5.69 Å². The van der Waals surface area contributed by atoms with E-state index in [2.05, 4.69) is 14.7 Å². The van der Waals surface area contributed by atoms with Crippen LogP contribution in [0.4, 0.5) is 11.5 Å². The van der Waals surface area contributed by atoms with Crippen LogP contribution in [0.15, 0.2) is 17.1 Å². The molecule has 13 heavy (non-hydrogen) atoms. The van der Waals surface area contributed by atoms with E-state index >= 15 is 0 Å². The number of nitrogens with zero attached hydrogens (tertiary/aromatic N) is 2. The van der Waals surface area contributed by atoms with Crippen LogP contribution in [0.2, 0.25) is 0 Å². The summed E-state index contributed by atoms with van der Waals surface area (Å²) in [6, 6.07) is 3.37. The van der Waals surface area contributed by atoms with Crippen molar-refractivity contribution in [2.75, 3.05) is 4.72 Å². The van der Waals surface area contributed by atoms with Crippen LogP contribution in [0.1, 0.15) is 5.69 Å². The van der Waals surface area contributed by atoms with Gasteiger partial charge in [0.15, 0.2) is 5.82 Å². The van der Waals surface area contributed by atoms with Gasteiger partial charge in [0.25, 0.3) is 10.0 Å². The molecule has 5 nitrogen and oxygen atoms in total. The Bertz CT molecular complexity index is 479. The molecule has 1 aliphatic rings. The number of aliphatic imine (C=N–C) groups is 1. The van der Waals surface area contributed by atoms with Crippen LogP contribution < -0.4 is 4.72 Å². The van der Waals surface area contributed by atoms with Crippen LogP contribution >= 0.6 is 0 Å². The maximum absolute atomic E-state index is 11.0. The van der Waals surface area contributed by atoms with Gasteiger partial charge in [-0.2, -0.15) is 0 Å². The summed E-state index contributed by atoms with van der Waals surface area (Å²) in [5, 5.41) is 0. The molecule has 0 fully saturated rings. The highest BCUT2D eigenvalue weighted by Gasteiger charge is 2.16. The summed E-state index contributed by atoms with van der Waals surface area (Å²) < 4.78 is 24.3. The molecule has 1 N–H and O–H groups in total. The second-order valence-corrected chi connectivity index (χ2v) is 4.21. The molecule has 0 atom stereocenters. The average molecular weight is 197 g/mol. The normalized spacial score (nSPS) is 17.6. The van der Waals surface area contributed by atoms with Crippen molar-refractivity contribution in [2.24, 2.45) is 4.99 Å². The van der Waals surface area contributed by atoms with Crippen LogP contribution in [0.25, 0.3) is 0 Å². The molecule has 0 aromatic carbocycles. The van der Waals surface area contributed by atoms with E-state index in [1.165, 1.54) is 0 Å². The second-order valence-electron chi connectivity index (χ2n) is 2.71. The molecule has 0 amide bonds. The van der Waals surface area contributed by atoms with Gasteiger partial charge in [0.1, 0.15) is 5.55 Å². The lowest BCUT2D eigenvalue weighted by Gasteiger charge is -2.10. The van der Waals surface area contributed by atoms with E-state index in [9.17, 15) is 8.42 Å². The lowest BCUT2D eigenvalue weighted by Crippen LogP contribution is -2.16. The Morgan fingerprint density at radius 3 is 2.92 bits per heavy atom. The summed E-state index contributed by atoms with van der Waals surface area (Å²) in [5.74, 6) is 0.412. The third kappa shape index (κ3) is 1.52. The molecule has 0 aliphatic carbocycles. The van der Waals surface area contributed by atoms with Crippen LogP contribution in [0.3, 0.4) is 0 Å². The predicted octanol–water partition coefficient (Wildman–Crippen LogP) is 0.805. The molecule has 1 aromatic heterocycles. The molecular formula is C7H7N3O2S. The lowest BCUT2D eigenvalue weighted by molar-refractivity contribution is 0.612. The maximum atomic E-state index is 11.0. The van der Waals surface area contributed by atoms with Gasteiger partial charge in [0.2, 0.25) is 0 Å². The smallest absolute Gasteiger partial charge is 0.272 e. The highest BCUT2D eigenvalue weighted by molar-refractivity contribution is 8.05. The van der Waals surface area contributed by atoms with Gasteiger partial charge in [-0.1, -0.05) is 0 Å². The second kappa shape index (κ2) is 2.53. The lowest BCUT2D eigenvalue weighted by atomic mass is 10.3. The van der Waals surface area contributed by atoms with E-state index in [4.69, 9.17) is 0 Å². The Hall–Kier alpha value is -1.43. The van der Waals surface area contributed by atoms with Crippen LogP contribution in [0.5, 0.6) is 0 Å². The van der Waals surface area contributed by atoms with Crippen LogP contribution in [0, 0.1) is 6.92 Å². The number of anilines is 1. The molecule has 2 heterocycles. The first kappa shape index (κ1) is 8.18. The van der Waals surface area contributed by atoms with Crippen molar-refractivity contribution in [3.8, 4) is 0 Å². The summed E-state index contributed by atoms with van der Waals surface area (Å²) >= 11 is 0. The van der Waals surface area contributed by atoms with E-state index in [1.807, 2.05) is 6.92 Å². The molecule has 1 aliphatic heterocycles. The molecule has 0 spiro atoms. The first-order chi connectivity index (χ1) is 6.07. The number of aryl methyl sites for hydroxylation is 1. The zero-order chi connectivity index (χ0) is 9.47. The first-order valence-electron chi connectivity index (χ1n) is 3.61. The topological polar surface area (TPSA) is 71.4 Å². The molecule has 2 rings (SSSR count). The summed E-state index contributed by atoms with van der Waals surface area (Å²) in [4.78, 5) is 7.77. The number of sulfonamides is 1. The van der Waals surface area contributed by atoms with Crippen molar-refractivity contribution < 1.29 is 8.42 Å². The summed E-state index contributed by atoms with van der Waals surface area (Å²) in [5.41, 5.74) is 2.09. The van der Waals surface area contributed by atoms with E-state index in [-0.39, 0.29) is 0 Å². The van der Waals surface area contributed by atoms with Gasteiger partial charge in [-0.3, -0.25) is 4.72 Å². The largest absolute Gasteiger partial charge is 0.275 e. The molecule has 0 saturated carbocycles. The molecular weight excluding hydrogens is 190 g/mol. The van der Waals surface area contributed by atoms with Crippen molar-refractivity contribution in [2.45, 2.75) is 6.92 Å². The fraction of sp³-hybridized carbons (Fsp3) is 0.143. The minimum atomic E-state index is -3.39. The Labute approximate surface area is 75.6 Å². The highest BCUT2D eigenvalue weighted by atomic mass is 32.2. The van der Waals surface area contributed by atoms with E-state index in [0.717, 1.165) is 11.2 Å². The Morgan fingerprint density at radius 1 is 1.38 bits per heavy atom. The highest BCUT2D eigenvalue weighted by Crippen LogP contribution is 2.26. The number of hydrogen-bond donors (Lipinski definition) is 1. The monoisotopic (exact) mass is 197 g/mol. The van der Waals surface area contributed by atoms with Crippen molar-refractivity contribution >= 4 is 27.1 Å². The third-order valence-electron chi connectivity index (χ3n) is 1.58. The zero-order valence-corrected chi connectivity index (χ0v) is 7.67. The maximum Gasteiger partial charge on any atom is 0.272 e. The van der Waals surface area contributed by atoms with Gasteiger partial charge in [-0.15, -0.1) is 0 Å². The Morgan fingerprint density at radius 2 is 2.15 bits per heavy atom. The average Bonchev–Trinajstić information content (AvgIpc) is 2.05. The molecule has 0 radical (unpaired) electrons. The van der Waals surface area contributed by atoms with Gasteiger partial charge in [0.05, 0.1) is 5.69 Å². The minimum absolute atomic E-state index is 0.412. The number of nitrogens with one attached hydrogen (secondary N) is 1. The number of pyridine rings is 1. The minimum Gasteiger partial charge on any atom is -0.275 e. The van der Waals surface area contributed by atoms with E-state index < -0.39 is 10.0 Å². The number of aromatic nitrogens is 1. The summed E-state index contributed by atoms with van der Waals surface area (Å²) in [6.45, 7) is 1.82. The predicted molar refractivity (Wildman–Crippen MR) is 49.7 cm³/mol. The summed E-state index contributed by atoms with van der Waals surface area (Å²) in [6.07, 6.45) is 0. The van der Waals surface area contributed by atoms with E-state index in [1.54, 1.807) is 12.1 Å². The van der Waals surface area contributed by atoms with E-state index in [0.29, 0.717) is 11.5 Å². The molecule has 0 unspecified atom stereocenters. The van der Waals surface area contributed by atoms with Gasteiger partial charge >= 0.3 is 0 Å². The quantitative estimate of drug-likeness (QED) is 0.668. The van der Waals surface area contributed by atoms with Crippen molar-refractivity contribution in [1.82, 2.24) is 4.98 Å². The van der Waals surface area contributed by atoms with Gasteiger partial charge in [-0.05, 0) is 19.1 Å². The van der Waals surface area contributed by atoms with Crippen molar-refractivity contribution in [3.63, 3.8) is 0 Å². The Kier molecular flexibility index (Phi) is 1.59. The first-order valence-corrected chi connectivity index (χ1v) is 5.16. The van der Waals surface area contributed by atoms with Crippen molar-refractivity contribution in [3.05, 3.63) is 17.8 Å². The Balaban J connectivity index is 2.59. The molecule has 1 aromatic rings. The number of hydrogen-bond acceptors (Lipinski definition) is 4. The van der Waals surface area contributed by atoms with Gasteiger partial charge in [-0.25, -0.2) is 18.4 Å². The molecule has 0 saturated heterocycles. The number of fused-ring (bicyclic) bond motifs is 1. The fourth-order valence-electron chi connectivity index (χ4n) is 1.02. The van der Waals surface area contributed by atoms with Crippen LogP contribution in [-0.4, -0.2) is 18.9 Å². The SMILES string of the molecule is Cc1ccc2c(n1)N=CS(=O)(=O)N2. The molecule has 68 valence electrons. The van der Waals surface area contributed by atoms with Crippen LogP contribution in [-0.2, 0) is 10.0 Å². The summed E-state index contributed by atoms with van der Waals surface area (Å²) in [7, 11) is -3.39. The number of rotatable bonds is 0. The molecule has 6 heteroatoms. The standard InChI is InChI=1S/C7H7N3O2S/c1-5-2-3-6-7(9-5)8-4-13(11,12)10-6/h2-4,10H,1H3. The molecule has 0 bridgehead atoms. The van der Waals surface area contributed by atoms with Gasteiger partial charge < -0.3 is 0 Å². The zero-order valence-electron chi connectivity index (χ0n) is 6.85. The fourth-order valence-corrected chi connectivity index (χ4v) is 1.78.